The van der Waals surface area contributed by atoms with Crippen LogP contribution in [0.1, 0.15) is 5.56 Å². The van der Waals surface area contributed by atoms with Crippen LogP contribution in [0.5, 0.6) is 0 Å². The maximum atomic E-state index is 13.4. The molecule has 0 spiro atoms. The molecule has 0 radical (unpaired) electrons. The van der Waals surface area contributed by atoms with Gasteiger partial charge >= 0.3 is 0 Å². The predicted octanol–water partition coefficient (Wildman–Crippen LogP) is 4.60. The van der Waals surface area contributed by atoms with Crippen LogP contribution in [0.25, 0.3) is 11.1 Å². The summed E-state index contributed by atoms with van der Waals surface area (Å²) in [5.74, 6) is 0.300. The van der Waals surface area contributed by atoms with Crippen LogP contribution in [0.3, 0.4) is 0 Å². The van der Waals surface area contributed by atoms with Crippen LogP contribution in [0.2, 0.25) is 0 Å². The fraction of sp³-hybridized carbons (Fsp3) is 0.0714. The smallest absolute Gasteiger partial charge is 0.257 e. The highest BCUT2D eigenvalue weighted by Gasteiger charge is 2.10. The maximum absolute atomic E-state index is 13.4. The number of nitrogens with two attached hydrogens (primary N) is 1. The number of nitrogens with zero attached hydrogens (tertiary/aromatic N) is 1. The Labute approximate surface area is 127 Å². The molecule has 0 aliphatic carbocycles. The number of benzene rings is 2. The van der Waals surface area contributed by atoms with E-state index in [-0.39, 0.29) is 5.82 Å². The van der Waals surface area contributed by atoms with Crippen molar-refractivity contribution < 1.29 is 8.81 Å². The van der Waals surface area contributed by atoms with Gasteiger partial charge in [0.2, 0.25) is 0 Å². The minimum atomic E-state index is -0.270. The van der Waals surface area contributed by atoms with Crippen molar-refractivity contribution in [2.75, 3.05) is 5.73 Å². The summed E-state index contributed by atoms with van der Waals surface area (Å²) in [5, 5.41) is 0.543. The molecule has 20 heavy (non-hydrogen) atoms. The molecule has 2 N–H and O–H groups in total. The first-order valence-corrected chi connectivity index (χ1v) is 7.63. The van der Waals surface area contributed by atoms with Gasteiger partial charge in [0.1, 0.15) is 11.3 Å². The predicted molar refractivity (Wildman–Crippen MR) is 82.1 cm³/mol. The van der Waals surface area contributed by atoms with E-state index in [1.807, 2.05) is 12.1 Å². The Bertz CT molecular complexity index is 775. The lowest BCUT2D eigenvalue weighted by Gasteiger charge is -2.02. The van der Waals surface area contributed by atoms with Gasteiger partial charge in [-0.1, -0.05) is 23.9 Å². The molecule has 6 heteroatoms. The Morgan fingerprint density at radius 1 is 1.30 bits per heavy atom. The Kier molecular flexibility index (Phi) is 3.67. The normalized spacial score (nSPS) is 11.1. The van der Waals surface area contributed by atoms with Crippen molar-refractivity contribution in [3.63, 3.8) is 0 Å². The highest BCUT2D eigenvalue weighted by molar-refractivity contribution is 9.10. The maximum Gasteiger partial charge on any atom is 0.257 e. The summed E-state index contributed by atoms with van der Waals surface area (Å²) in [5.41, 5.74) is 8.61. The van der Waals surface area contributed by atoms with Gasteiger partial charge < -0.3 is 10.2 Å². The van der Waals surface area contributed by atoms with Gasteiger partial charge in [0.25, 0.3) is 5.22 Å². The second-order valence-corrected chi connectivity index (χ2v) is 5.93. The number of rotatable bonds is 3. The molecule has 102 valence electrons. The van der Waals surface area contributed by atoms with Gasteiger partial charge in [-0.3, -0.25) is 0 Å². The van der Waals surface area contributed by atoms with Crippen LogP contribution in [0.4, 0.5) is 10.1 Å². The average Bonchev–Trinajstić information content (AvgIpc) is 2.82. The second kappa shape index (κ2) is 5.46. The van der Waals surface area contributed by atoms with Gasteiger partial charge in [-0.25, -0.2) is 9.37 Å². The van der Waals surface area contributed by atoms with E-state index in [4.69, 9.17) is 10.2 Å². The van der Waals surface area contributed by atoms with Gasteiger partial charge in [-0.05, 0) is 39.7 Å². The lowest BCUT2D eigenvalue weighted by Crippen LogP contribution is -1.86. The average molecular weight is 353 g/mol. The quantitative estimate of drug-likeness (QED) is 0.552. The molecule has 0 aliphatic heterocycles. The first kappa shape index (κ1) is 13.5. The zero-order valence-corrected chi connectivity index (χ0v) is 12.7. The molecule has 1 aromatic heterocycles. The molecule has 0 amide bonds. The monoisotopic (exact) mass is 352 g/mol. The number of oxazole rings is 1. The number of hydrogen-bond donors (Lipinski definition) is 1. The summed E-state index contributed by atoms with van der Waals surface area (Å²) in [4.78, 5) is 4.35. The van der Waals surface area contributed by atoms with E-state index in [2.05, 4.69) is 20.9 Å². The molecule has 0 saturated heterocycles. The second-order valence-electron chi connectivity index (χ2n) is 4.21. The number of fused-ring (bicyclic) bond motifs is 1. The number of halogens is 2. The van der Waals surface area contributed by atoms with E-state index < -0.39 is 0 Å². The summed E-state index contributed by atoms with van der Waals surface area (Å²) < 4.78 is 19.5. The van der Waals surface area contributed by atoms with Crippen molar-refractivity contribution in [1.29, 1.82) is 0 Å². The van der Waals surface area contributed by atoms with E-state index >= 15 is 0 Å². The molecule has 2 aromatic carbocycles. The minimum absolute atomic E-state index is 0.270. The van der Waals surface area contributed by atoms with Crippen molar-refractivity contribution in [3.05, 3.63) is 52.3 Å². The van der Waals surface area contributed by atoms with E-state index in [1.54, 1.807) is 18.2 Å². The molecule has 0 atom stereocenters. The standard InChI is InChI=1S/C14H10BrFN2OS/c15-13-8(2-1-3-10(13)16)7-20-14-18-11-5-4-9(17)6-12(11)19-14/h1-6H,7,17H2. The van der Waals surface area contributed by atoms with Gasteiger partial charge in [0.15, 0.2) is 5.58 Å². The highest BCUT2D eigenvalue weighted by atomic mass is 79.9. The summed E-state index contributed by atoms with van der Waals surface area (Å²) in [6, 6.07) is 10.3. The van der Waals surface area contributed by atoms with E-state index in [0.29, 0.717) is 26.7 Å². The number of aromatic nitrogens is 1. The Morgan fingerprint density at radius 2 is 2.15 bits per heavy atom. The van der Waals surface area contributed by atoms with Gasteiger partial charge in [0, 0.05) is 17.5 Å². The van der Waals surface area contributed by atoms with Crippen LogP contribution < -0.4 is 5.73 Å². The zero-order valence-electron chi connectivity index (χ0n) is 10.3. The number of thioether (sulfide) groups is 1. The Balaban J connectivity index is 1.81. The molecule has 0 fully saturated rings. The summed E-state index contributed by atoms with van der Waals surface area (Å²) in [6.07, 6.45) is 0. The van der Waals surface area contributed by atoms with Gasteiger partial charge in [-0.15, -0.1) is 0 Å². The lowest BCUT2D eigenvalue weighted by molar-refractivity contribution is 0.489. The van der Waals surface area contributed by atoms with Crippen LogP contribution in [-0.2, 0) is 5.75 Å². The fourth-order valence-corrected chi connectivity index (χ4v) is 3.20. The van der Waals surface area contributed by atoms with Crippen molar-refractivity contribution in [2.24, 2.45) is 0 Å². The molecule has 1 heterocycles. The van der Waals surface area contributed by atoms with Crippen molar-refractivity contribution in [2.45, 2.75) is 11.0 Å². The highest BCUT2D eigenvalue weighted by Crippen LogP contribution is 2.30. The van der Waals surface area contributed by atoms with Gasteiger partial charge in [-0.2, -0.15) is 0 Å². The number of anilines is 1. The third-order valence-electron chi connectivity index (χ3n) is 2.78. The molecule has 3 aromatic rings. The molecule has 3 rings (SSSR count). The van der Waals surface area contributed by atoms with Crippen LogP contribution in [0.15, 0.2) is 50.5 Å². The minimum Gasteiger partial charge on any atom is -0.431 e. The molecular formula is C14H10BrFN2OS. The first-order valence-electron chi connectivity index (χ1n) is 5.85. The van der Waals surface area contributed by atoms with Crippen molar-refractivity contribution in [1.82, 2.24) is 4.98 Å². The van der Waals surface area contributed by atoms with Crippen LogP contribution in [-0.4, -0.2) is 4.98 Å². The van der Waals surface area contributed by atoms with Crippen molar-refractivity contribution >= 4 is 44.5 Å². The van der Waals surface area contributed by atoms with E-state index in [0.717, 1.165) is 11.1 Å². The summed E-state index contributed by atoms with van der Waals surface area (Å²) in [6.45, 7) is 0. The first-order chi connectivity index (χ1) is 9.63. The van der Waals surface area contributed by atoms with Crippen LogP contribution in [0, 0.1) is 5.82 Å². The number of hydrogen-bond acceptors (Lipinski definition) is 4. The Hall–Kier alpha value is -1.53. The zero-order chi connectivity index (χ0) is 14.1. The third-order valence-corrected chi connectivity index (χ3v) is 4.54. The topological polar surface area (TPSA) is 52.0 Å². The third kappa shape index (κ3) is 2.66. The number of nitrogen functional groups attached to an aromatic ring is 1. The largest absolute Gasteiger partial charge is 0.431 e. The molecule has 3 nitrogen and oxygen atoms in total. The van der Waals surface area contributed by atoms with Crippen LogP contribution >= 0.6 is 27.7 Å². The SMILES string of the molecule is Nc1ccc2nc(SCc3cccc(F)c3Br)oc2c1. The molecule has 0 bridgehead atoms. The fourth-order valence-electron chi connectivity index (χ4n) is 1.78. The van der Waals surface area contributed by atoms with E-state index in [9.17, 15) is 4.39 Å². The van der Waals surface area contributed by atoms with Gasteiger partial charge in [0.05, 0.1) is 4.47 Å². The molecule has 0 unspecified atom stereocenters. The summed E-state index contributed by atoms with van der Waals surface area (Å²) >= 11 is 4.65. The van der Waals surface area contributed by atoms with E-state index in [1.165, 1.54) is 17.8 Å². The molecule has 0 aliphatic rings. The molecular weight excluding hydrogens is 343 g/mol. The lowest BCUT2D eigenvalue weighted by atomic mass is 10.2. The molecule has 0 saturated carbocycles. The summed E-state index contributed by atoms with van der Waals surface area (Å²) in [7, 11) is 0. The van der Waals surface area contributed by atoms with Crippen molar-refractivity contribution in [3.8, 4) is 0 Å². The Morgan fingerprint density at radius 3 is 3.00 bits per heavy atom.